The molecule has 2 fully saturated rings. The van der Waals surface area contributed by atoms with Gasteiger partial charge in [-0.05, 0) is 30.5 Å². The molecule has 1 saturated carbocycles. The van der Waals surface area contributed by atoms with Crippen LogP contribution in [0.1, 0.15) is 31.2 Å². The molecule has 2 aliphatic rings. The van der Waals surface area contributed by atoms with Crippen molar-refractivity contribution in [2.24, 2.45) is 16.6 Å². The van der Waals surface area contributed by atoms with Crippen molar-refractivity contribution in [3.05, 3.63) is 29.8 Å². The number of anilines is 1. The maximum Gasteiger partial charge on any atom is 0.227 e. The zero-order valence-electron chi connectivity index (χ0n) is 14.0. The molecule has 1 aromatic carbocycles. The fourth-order valence-electron chi connectivity index (χ4n) is 3.24. The van der Waals surface area contributed by atoms with Gasteiger partial charge >= 0.3 is 0 Å². The third-order valence-electron chi connectivity index (χ3n) is 4.68. The highest BCUT2D eigenvalue weighted by atomic mass is 16.5. The van der Waals surface area contributed by atoms with Crippen molar-refractivity contribution in [1.29, 1.82) is 0 Å². The molecule has 1 aliphatic carbocycles. The predicted molar refractivity (Wildman–Crippen MR) is 94.7 cm³/mol. The molecular formula is C18H26N4O2. The van der Waals surface area contributed by atoms with E-state index in [0.29, 0.717) is 25.7 Å². The molecule has 0 atom stereocenters. The topological polar surface area (TPSA) is 79.9 Å². The highest BCUT2D eigenvalue weighted by molar-refractivity contribution is 5.92. The van der Waals surface area contributed by atoms with Crippen LogP contribution in [0.5, 0.6) is 0 Å². The van der Waals surface area contributed by atoms with E-state index in [9.17, 15) is 4.79 Å². The van der Waals surface area contributed by atoms with Crippen molar-refractivity contribution in [2.75, 3.05) is 31.6 Å². The average molecular weight is 330 g/mol. The van der Waals surface area contributed by atoms with Gasteiger partial charge in [-0.2, -0.15) is 0 Å². The highest BCUT2D eigenvalue weighted by Crippen LogP contribution is 2.26. The Morgan fingerprint density at radius 1 is 1.29 bits per heavy atom. The molecule has 6 nitrogen and oxygen atoms in total. The lowest BCUT2D eigenvalue weighted by atomic mass is 10.1. The fourth-order valence-corrected chi connectivity index (χ4v) is 3.24. The van der Waals surface area contributed by atoms with Crippen LogP contribution in [0, 0.1) is 5.92 Å². The minimum absolute atomic E-state index is 0.140. The number of carbonyl (C=O) groups is 1. The molecule has 0 bridgehead atoms. The van der Waals surface area contributed by atoms with Crippen LogP contribution in [0.3, 0.4) is 0 Å². The van der Waals surface area contributed by atoms with Gasteiger partial charge in [0.2, 0.25) is 5.91 Å². The van der Waals surface area contributed by atoms with Crippen molar-refractivity contribution in [2.45, 2.75) is 32.2 Å². The van der Waals surface area contributed by atoms with E-state index in [2.05, 4.69) is 10.3 Å². The van der Waals surface area contributed by atoms with Crippen molar-refractivity contribution in [3.63, 3.8) is 0 Å². The quantitative estimate of drug-likeness (QED) is 0.653. The summed E-state index contributed by atoms with van der Waals surface area (Å²) in [5, 5.41) is 3.03. The van der Waals surface area contributed by atoms with Crippen LogP contribution in [0.15, 0.2) is 29.3 Å². The number of amides is 1. The minimum atomic E-state index is 0.140. The first kappa shape index (κ1) is 16.8. The summed E-state index contributed by atoms with van der Waals surface area (Å²) in [6, 6.07) is 7.84. The van der Waals surface area contributed by atoms with E-state index in [0.717, 1.165) is 50.0 Å². The first-order chi connectivity index (χ1) is 11.7. The van der Waals surface area contributed by atoms with Crippen LogP contribution < -0.4 is 11.1 Å². The van der Waals surface area contributed by atoms with Crippen LogP contribution >= 0.6 is 0 Å². The van der Waals surface area contributed by atoms with Gasteiger partial charge < -0.3 is 20.7 Å². The van der Waals surface area contributed by atoms with Gasteiger partial charge in [0, 0.05) is 24.7 Å². The fraction of sp³-hybridized carbons (Fsp3) is 0.556. The molecule has 1 heterocycles. The predicted octanol–water partition coefficient (Wildman–Crippen LogP) is 1.96. The Bertz CT molecular complexity index is 590. The number of nitrogens with zero attached hydrogens (tertiary/aromatic N) is 2. The van der Waals surface area contributed by atoms with Crippen molar-refractivity contribution in [1.82, 2.24) is 4.90 Å². The van der Waals surface area contributed by atoms with Gasteiger partial charge in [0.05, 0.1) is 19.8 Å². The zero-order chi connectivity index (χ0) is 16.8. The number of hydrogen-bond donors (Lipinski definition) is 2. The largest absolute Gasteiger partial charge is 0.378 e. The molecule has 0 unspecified atom stereocenters. The van der Waals surface area contributed by atoms with Gasteiger partial charge in [0.1, 0.15) is 0 Å². The summed E-state index contributed by atoms with van der Waals surface area (Å²) in [5.41, 5.74) is 7.92. The first-order valence-corrected chi connectivity index (χ1v) is 8.75. The molecule has 1 aliphatic heterocycles. The lowest BCUT2D eigenvalue weighted by Crippen LogP contribution is -2.44. The number of rotatable bonds is 4. The van der Waals surface area contributed by atoms with Crippen LogP contribution in [-0.2, 0) is 16.1 Å². The minimum Gasteiger partial charge on any atom is -0.378 e. The van der Waals surface area contributed by atoms with E-state index in [-0.39, 0.29) is 11.8 Å². The van der Waals surface area contributed by atoms with Gasteiger partial charge in [-0.3, -0.25) is 4.79 Å². The molecule has 3 N–H and O–H groups in total. The van der Waals surface area contributed by atoms with Gasteiger partial charge in [0.25, 0.3) is 0 Å². The molecule has 6 heteroatoms. The second-order valence-corrected chi connectivity index (χ2v) is 6.44. The number of nitrogens with two attached hydrogens (primary N) is 1. The third-order valence-corrected chi connectivity index (χ3v) is 4.68. The number of guanidine groups is 1. The van der Waals surface area contributed by atoms with E-state index in [4.69, 9.17) is 10.5 Å². The number of ether oxygens (including phenoxy) is 1. The lowest BCUT2D eigenvalue weighted by Gasteiger charge is -2.27. The van der Waals surface area contributed by atoms with Gasteiger partial charge in [-0.15, -0.1) is 0 Å². The summed E-state index contributed by atoms with van der Waals surface area (Å²) in [6.07, 6.45) is 4.33. The Hall–Kier alpha value is -2.08. The number of benzene rings is 1. The van der Waals surface area contributed by atoms with Gasteiger partial charge in [-0.1, -0.05) is 25.0 Å². The monoisotopic (exact) mass is 330 g/mol. The van der Waals surface area contributed by atoms with E-state index < -0.39 is 0 Å². The normalized spacial score (nSPS) is 19.5. The summed E-state index contributed by atoms with van der Waals surface area (Å²) in [5.74, 6) is 0.864. The molecule has 3 rings (SSSR count). The Kier molecular flexibility index (Phi) is 5.69. The Morgan fingerprint density at radius 2 is 2.04 bits per heavy atom. The van der Waals surface area contributed by atoms with Crippen LogP contribution in [0.25, 0.3) is 0 Å². The lowest BCUT2D eigenvalue weighted by molar-refractivity contribution is -0.119. The van der Waals surface area contributed by atoms with E-state index in [1.54, 1.807) is 0 Å². The molecule has 1 saturated heterocycles. The number of morpholine rings is 1. The highest BCUT2D eigenvalue weighted by Gasteiger charge is 2.22. The van der Waals surface area contributed by atoms with Crippen LogP contribution in [0.4, 0.5) is 5.69 Å². The Labute approximate surface area is 143 Å². The SMILES string of the molecule is NC(=NCc1cccc(NC(=O)C2CCCC2)c1)N1CCOCC1. The standard InChI is InChI=1S/C18H26N4O2/c19-18(22-8-10-24-11-9-22)20-13-14-4-3-7-16(12-14)21-17(23)15-5-1-2-6-15/h3-4,7,12,15H,1-2,5-6,8-11,13H2,(H2,19,20)(H,21,23). The number of hydrogen-bond acceptors (Lipinski definition) is 3. The average Bonchev–Trinajstić information content (AvgIpc) is 3.15. The van der Waals surface area contributed by atoms with Gasteiger partial charge in [-0.25, -0.2) is 4.99 Å². The molecule has 24 heavy (non-hydrogen) atoms. The first-order valence-electron chi connectivity index (χ1n) is 8.75. The van der Waals surface area contributed by atoms with Crippen LogP contribution in [-0.4, -0.2) is 43.1 Å². The Balaban J connectivity index is 1.57. The number of nitrogens with one attached hydrogen (secondary N) is 1. The molecule has 0 aromatic heterocycles. The second kappa shape index (κ2) is 8.15. The molecular weight excluding hydrogens is 304 g/mol. The summed E-state index contributed by atoms with van der Waals surface area (Å²) >= 11 is 0. The van der Waals surface area contributed by atoms with E-state index in [1.807, 2.05) is 29.2 Å². The van der Waals surface area contributed by atoms with Gasteiger partial charge in [0.15, 0.2) is 5.96 Å². The number of carbonyl (C=O) groups excluding carboxylic acids is 1. The summed E-state index contributed by atoms with van der Waals surface area (Å²) in [4.78, 5) is 18.7. The smallest absolute Gasteiger partial charge is 0.227 e. The maximum absolute atomic E-state index is 12.2. The summed E-state index contributed by atoms with van der Waals surface area (Å²) in [7, 11) is 0. The maximum atomic E-state index is 12.2. The van der Waals surface area contributed by atoms with Crippen molar-refractivity contribution < 1.29 is 9.53 Å². The van der Waals surface area contributed by atoms with Crippen LogP contribution in [0.2, 0.25) is 0 Å². The second-order valence-electron chi connectivity index (χ2n) is 6.44. The molecule has 0 radical (unpaired) electrons. The Morgan fingerprint density at radius 3 is 2.79 bits per heavy atom. The van der Waals surface area contributed by atoms with Crippen molar-refractivity contribution in [3.8, 4) is 0 Å². The molecule has 1 amide bonds. The molecule has 1 aromatic rings. The molecule has 130 valence electrons. The third kappa shape index (κ3) is 4.47. The number of aliphatic imine (C=N–C) groups is 1. The van der Waals surface area contributed by atoms with E-state index in [1.165, 1.54) is 0 Å². The summed E-state index contributed by atoms with van der Waals surface area (Å²) < 4.78 is 5.32. The molecule has 0 spiro atoms. The zero-order valence-corrected chi connectivity index (χ0v) is 14.0. The summed E-state index contributed by atoms with van der Waals surface area (Å²) in [6.45, 7) is 3.47. The van der Waals surface area contributed by atoms with E-state index >= 15 is 0 Å². The van der Waals surface area contributed by atoms with Crippen molar-refractivity contribution >= 4 is 17.6 Å².